The quantitative estimate of drug-likeness (QED) is 0.450. The molecule has 0 saturated heterocycles. The van der Waals surface area contributed by atoms with E-state index in [0.717, 1.165) is 24.0 Å². The Bertz CT molecular complexity index is 801. The summed E-state index contributed by atoms with van der Waals surface area (Å²) in [7, 11) is 0. The van der Waals surface area contributed by atoms with Crippen LogP contribution in [-0.4, -0.2) is 35.1 Å². The van der Waals surface area contributed by atoms with E-state index < -0.39 is 6.04 Å². The lowest BCUT2D eigenvalue weighted by Crippen LogP contribution is -2.49. The van der Waals surface area contributed by atoms with Crippen molar-refractivity contribution >= 4 is 35.2 Å². The van der Waals surface area contributed by atoms with Gasteiger partial charge in [0.05, 0.1) is 5.75 Å². The molecule has 0 saturated carbocycles. The van der Waals surface area contributed by atoms with Crippen molar-refractivity contribution < 1.29 is 9.59 Å². The van der Waals surface area contributed by atoms with Gasteiger partial charge in [-0.05, 0) is 30.0 Å². The van der Waals surface area contributed by atoms with E-state index in [2.05, 4.69) is 12.2 Å². The van der Waals surface area contributed by atoms with E-state index in [1.54, 1.807) is 4.90 Å². The van der Waals surface area contributed by atoms with Crippen LogP contribution in [-0.2, 0) is 21.9 Å². The second-order valence-corrected chi connectivity index (χ2v) is 8.55. The number of benzene rings is 2. The Hall–Kier alpha value is -1.98. The lowest BCUT2D eigenvalue weighted by Gasteiger charge is -2.30. The molecule has 0 radical (unpaired) electrons. The summed E-state index contributed by atoms with van der Waals surface area (Å²) in [5.74, 6) is 0.848. The van der Waals surface area contributed by atoms with Crippen LogP contribution >= 0.6 is 23.4 Å². The molecule has 0 aliphatic heterocycles. The van der Waals surface area contributed by atoms with E-state index in [1.807, 2.05) is 61.5 Å². The first-order valence-corrected chi connectivity index (χ1v) is 12.0. The zero-order valence-corrected chi connectivity index (χ0v) is 19.3. The molecule has 1 atom stereocenters. The number of unbranched alkanes of at least 4 members (excludes halogenated alkanes) is 1. The van der Waals surface area contributed by atoms with Crippen molar-refractivity contribution in [3.05, 3.63) is 70.7 Å². The van der Waals surface area contributed by atoms with E-state index in [0.29, 0.717) is 36.0 Å². The van der Waals surface area contributed by atoms with Gasteiger partial charge in [-0.3, -0.25) is 9.59 Å². The third-order valence-electron chi connectivity index (χ3n) is 4.85. The highest BCUT2D eigenvalue weighted by Crippen LogP contribution is 2.22. The SMILES string of the molecule is CCCCNC(=O)[C@@H](CC)N(Cc1ccccc1)C(=O)CSCc1ccccc1Cl. The molecule has 0 spiro atoms. The average Bonchev–Trinajstić information content (AvgIpc) is 2.75. The molecule has 1 N–H and O–H groups in total. The zero-order valence-electron chi connectivity index (χ0n) is 17.8. The van der Waals surface area contributed by atoms with Crippen LogP contribution in [0.3, 0.4) is 0 Å². The maximum atomic E-state index is 13.1. The van der Waals surface area contributed by atoms with Gasteiger partial charge < -0.3 is 10.2 Å². The van der Waals surface area contributed by atoms with Gasteiger partial charge in [-0.2, -0.15) is 0 Å². The molecule has 4 nitrogen and oxygen atoms in total. The summed E-state index contributed by atoms with van der Waals surface area (Å²) in [6.07, 6.45) is 2.52. The van der Waals surface area contributed by atoms with Gasteiger partial charge in [0.15, 0.2) is 0 Å². The van der Waals surface area contributed by atoms with Crippen molar-refractivity contribution in [3.8, 4) is 0 Å². The molecule has 2 rings (SSSR count). The molecule has 30 heavy (non-hydrogen) atoms. The number of nitrogens with zero attached hydrogens (tertiary/aromatic N) is 1. The van der Waals surface area contributed by atoms with Crippen LogP contribution in [0.25, 0.3) is 0 Å². The standard InChI is InChI=1S/C24H31ClN2O2S/c1-3-5-15-26-24(29)22(4-2)27(16-19-11-7-6-8-12-19)23(28)18-30-17-20-13-9-10-14-21(20)25/h6-14,22H,3-5,15-18H2,1-2H3,(H,26,29)/t22-/m1/s1. The number of halogens is 1. The fourth-order valence-electron chi connectivity index (χ4n) is 3.15. The molecule has 0 unspecified atom stereocenters. The second-order valence-electron chi connectivity index (χ2n) is 7.16. The minimum absolute atomic E-state index is 0.0339. The van der Waals surface area contributed by atoms with Gasteiger partial charge in [-0.1, -0.05) is 80.4 Å². The van der Waals surface area contributed by atoms with E-state index in [1.165, 1.54) is 11.8 Å². The Labute approximate surface area is 189 Å². The minimum atomic E-state index is -0.476. The summed E-state index contributed by atoms with van der Waals surface area (Å²) in [5, 5.41) is 3.70. The smallest absolute Gasteiger partial charge is 0.242 e. The van der Waals surface area contributed by atoms with Gasteiger partial charge in [-0.25, -0.2) is 0 Å². The Morgan fingerprint density at radius 1 is 1.07 bits per heavy atom. The van der Waals surface area contributed by atoms with E-state index in [-0.39, 0.29) is 11.8 Å². The Kier molecular flexibility index (Phi) is 10.8. The highest BCUT2D eigenvalue weighted by Gasteiger charge is 2.28. The molecule has 0 aliphatic carbocycles. The van der Waals surface area contributed by atoms with Crippen LogP contribution in [0.4, 0.5) is 0 Å². The largest absolute Gasteiger partial charge is 0.354 e. The predicted octanol–water partition coefficient (Wildman–Crippen LogP) is 5.30. The lowest BCUT2D eigenvalue weighted by atomic mass is 10.1. The number of nitrogens with one attached hydrogen (secondary N) is 1. The maximum absolute atomic E-state index is 13.1. The number of amides is 2. The molecular weight excluding hydrogens is 416 g/mol. The molecule has 6 heteroatoms. The molecule has 0 bridgehead atoms. The fourth-order valence-corrected chi connectivity index (χ4v) is 4.35. The summed E-state index contributed by atoms with van der Waals surface area (Å²) in [6.45, 7) is 5.10. The Morgan fingerprint density at radius 3 is 2.43 bits per heavy atom. The summed E-state index contributed by atoms with van der Waals surface area (Å²) in [6, 6.07) is 17.0. The van der Waals surface area contributed by atoms with Crippen LogP contribution in [0, 0.1) is 0 Å². The number of hydrogen-bond acceptors (Lipinski definition) is 3. The first-order valence-electron chi connectivity index (χ1n) is 10.5. The lowest BCUT2D eigenvalue weighted by molar-refractivity contribution is -0.139. The number of rotatable bonds is 12. The maximum Gasteiger partial charge on any atom is 0.242 e. The van der Waals surface area contributed by atoms with Crippen molar-refractivity contribution in [2.75, 3.05) is 12.3 Å². The fraction of sp³-hybridized carbons (Fsp3) is 0.417. The molecule has 2 aromatic rings. The van der Waals surface area contributed by atoms with Gasteiger partial charge in [0.1, 0.15) is 6.04 Å². The Morgan fingerprint density at radius 2 is 1.77 bits per heavy atom. The summed E-state index contributed by atoms with van der Waals surface area (Å²) < 4.78 is 0. The molecule has 2 aromatic carbocycles. The zero-order chi connectivity index (χ0) is 21.8. The molecule has 0 aromatic heterocycles. The van der Waals surface area contributed by atoms with Crippen molar-refractivity contribution in [1.82, 2.24) is 10.2 Å². The number of carbonyl (C=O) groups is 2. The third kappa shape index (κ3) is 7.69. The summed E-state index contributed by atoms with van der Waals surface area (Å²) >= 11 is 7.74. The minimum Gasteiger partial charge on any atom is -0.354 e. The number of carbonyl (C=O) groups excluding carboxylic acids is 2. The van der Waals surface area contributed by atoms with Crippen LogP contribution in [0.5, 0.6) is 0 Å². The van der Waals surface area contributed by atoms with Crippen LogP contribution in [0.2, 0.25) is 5.02 Å². The topological polar surface area (TPSA) is 49.4 Å². The van der Waals surface area contributed by atoms with E-state index in [4.69, 9.17) is 11.6 Å². The van der Waals surface area contributed by atoms with Crippen LogP contribution < -0.4 is 5.32 Å². The van der Waals surface area contributed by atoms with Crippen LogP contribution in [0.1, 0.15) is 44.2 Å². The highest BCUT2D eigenvalue weighted by atomic mass is 35.5. The van der Waals surface area contributed by atoms with Gasteiger partial charge in [0.2, 0.25) is 11.8 Å². The molecular formula is C24H31ClN2O2S. The molecule has 0 heterocycles. The molecule has 0 aliphatic rings. The summed E-state index contributed by atoms with van der Waals surface area (Å²) in [4.78, 5) is 27.7. The molecule has 162 valence electrons. The van der Waals surface area contributed by atoms with Crippen LogP contribution in [0.15, 0.2) is 54.6 Å². The average molecular weight is 447 g/mol. The molecule has 0 fully saturated rings. The highest BCUT2D eigenvalue weighted by molar-refractivity contribution is 7.99. The van der Waals surface area contributed by atoms with Crippen molar-refractivity contribution in [2.24, 2.45) is 0 Å². The van der Waals surface area contributed by atoms with Gasteiger partial charge >= 0.3 is 0 Å². The normalized spacial score (nSPS) is 11.7. The van der Waals surface area contributed by atoms with E-state index >= 15 is 0 Å². The second kappa shape index (κ2) is 13.3. The first-order chi connectivity index (χ1) is 14.6. The monoisotopic (exact) mass is 446 g/mol. The van der Waals surface area contributed by atoms with Crippen molar-refractivity contribution in [3.63, 3.8) is 0 Å². The van der Waals surface area contributed by atoms with E-state index in [9.17, 15) is 9.59 Å². The predicted molar refractivity (Wildman–Crippen MR) is 127 cm³/mol. The van der Waals surface area contributed by atoms with Gasteiger partial charge in [0.25, 0.3) is 0 Å². The van der Waals surface area contributed by atoms with Gasteiger partial charge in [0, 0.05) is 23.9 Å². The van der Waals surface area contributed by atoms with Gasteiger partial charge in [-0.15, -0.1) is 11.8 Å². The number of thioether (sulfide) groups is 1. The molecule has 2 amide bonds. The first kappa shape index (κ1) is 24.3. The summed E-state index contributed by atoms with van der Waals surface area (Å²) in [5.41, 5.74) is 2.03. The van der Waals surface area contributed by atoms with Crippen molar-refractivity contribution in [1.29, 1.82) is 0 Å². The number of hydrogen-bond donors (Lipinski definition) is 1. The Balaban J connectivity index is 2.07. The third-order valence-corrected chi connectivity index (χ3v) is 6.19. The van der Waals surface area contributed by atoms with Crippen molar-refractivity contribution in [2.45, 2.75) is 51.4 Å².